The summed E-state index contributed by atoms with van der Waals surface area (Å²) in [5, 5.41) is 1.18. The molecule has 3 rings (SSSR count). The van der Waals surface area contributed by atoms with E-state index < -0.39 is 13.3 Å². The Morgan fingerprint density at radius 1 is 0.917 bits per heavy atom. The predicted molar refractivity (Wildman–Crippen MR) is 105 cm³/mol. The van der Waals surface area contributed by atoms with Gasteiger partial charge in [0, 0.05) is 0 Å². The fourth-order valence-corrected chi connectivity index (χ4v) is 9.64. The first kappa shape index (κ1) is 17.8. The molecule has 0 radical (unpaired) electrons. The SMILES string of the molecule is CC1(C)COB(c2cccc[c]2[Ge]([CH3])([CH3])[CH2]c2ccccc2)OC1. The molecule has 0 spiro atoms. The first-order chi connectivity index (χ1) is 11.4. The molecule has 1 fully saturated rings. The van der Waals surface area contributed by atoms with E-state index in [1.54, 1.807) is 0 Å². The van der Waals surface area contributed by atoms with Crippen molar-refractivity contribution in [3.05, 3.63) is 60.2 Å². The Morgan fingerprint density at radius 3 is 2.17 bits per heavy atom. The molecule has 1 aliphatic rings. The van der Waals surface area contributed by atoms with Gasteiger partial charge in [-0.15, -0.1) is 0 Å². The van der Waals surface area contributed by atoms with E-state index in [1.807, 2.05) is 0 Å². The van der Waals surface area contributed by atoms with Gasteiger partial charge >= 0.3 is 149 Å². The van der Waals surface area contributed by atoms with Gasteiger partial charge in [0.15, 0.2) is 0 Å². The summed E-state index contributed by atoms with van der Waals surface area (Å²) in [6.45, 7) is 5.87. The first-order valence-corrected chi connectivity index (χ1v) is 15.5. The van der Waals surface area contributed by atoms with Gasteiger partial charge in [-0.05, 0) is 0 Å². The van der Waals surface area contributed by atoms with Crippen LogP contribution in [0.5, 0.6) is 0 Å². The van der Waals surface area contributed by atoms with Crippen LogP contribution in [0.1, 0.15) is 19.4 Å². The van der Waals surface area contributed by atoms with Crippen LogP contribution >= 0.6 is 0 Å². The maximum atomic E-state index is 6.07. The van der Waals surface area contributed by atoms with Crippen molar-refractivity contribution in [2.45, 2.75) is 30.6 Å². The van der Waals surface area contributed by atoms with E-state index in [0.717, 1.165) is 13.2 Å². The first-order valence-electron chi connectivity index (χ1n) is 8.74. The van der Waals surface area contributed by atoms with Gasteiger partial charge in [0.1, 0.15) is 0 Å². The Bertz CT molecular complexity index is 675. The van der Waals surface area contributed by atoms with E-state index in [-0.39, 0.29) is 12.5 Å². The third-order valence-electron chi connectivity index (χ3n) is 4.68. The number of hydrogen-bond acceptors (Lipinski definition) is 2. The van der Waals surface area contributed by atoms with E-state index in [4.69, 9.17) is 9.31 Å². The van der Waals surface area contributed by atoms with Gasteiger partial charge < -0.3 is 0 Å². The second-order valence-corrected chi connectivity index (χ2v) is 18.0. The van der Waals surface area contributed by atoms with Crippen LogP contribution in [0, 0.1) is 5.41 Å². The van der Waals surface area contributed by atoms with Crippen LogP contribution in [0.2, 0.25) is 11.5 Å². The fourth-order valence-electron chi connectivity index (χ4n) is 3.39. The summed E-state index contributed by atoms with van der Waals surface area (Å²) in [6, 6.07) is 19.6. The minimum absolute atomic E-state index is 0.104. The van der Waals surface area contributed by atoms with Gasteiger partial charge in [0.25, 0.3) is 0 Å². The van der Waals surface area contributed by atoms with Crippen molar-refractivity contribution in [1.29, 1.82) is 0 Å². The molecule has 24 heavy (non-hydrogen) atoms. The zero-order valence-corrected chi connectivity index (χ0v) is 17.3. The van der Waals surface area contributed by atoms with Crippen LogP contribution < -0.4 is 9.86 Å². The van der Waals surface area contributed by atoms with E-state index in [9.17, 15) is 0 Å². The molecule has 0 N–H and O–H groups in total. The van der Waals surface area contributed by atoms with Gasteiger partial charge in [0.2, 0.25) is 0 Å². The summed E-state index contributed by atoms with van der Waals surface area (Å²) in [6.07, 6.45) is 0. The second kappa shape index (κ2) is 7.07. The Morgan fingerprint density at radius 2 is 1.50 bits per heavy atom. The van der Waals surface area contributed by atoms with Crippen LogP contribution in [0.15, 0.2) is 54.6 Å². The molecular weight excluding hydrogens is 356 g/mol. The maximum absolute atomic E-state index is 6.07. The molecule has 1 saturated heterocycles. The van der Waals surface area contributed by atoms with Gasteiger partial charge in [-0.1, -0.05) is 0 Å². The number of benzene rings is 2. The summed E-state index contributed by atoms with van der Waals surface area (Å²) >= 11 is -2.22. The average Bonchev–Trinajstić information content (AvgIpc) is 2.55. The molecule has 0 unspecified atom stereocenters. The summed E-state index contributed by atoms with van der Waals surface area (Å²) in [7, 11) is -0.213. The topological polar surface area (TPSA) is 18.5 Å². The van der Waals surface area contributed by atoms with Crippen LogP contribution in [0.4, 0.5) is 0 Å². The van der Waals surface area contributed by atoms with Crippen molar-refractivity contribution in [3.8, 4) is 0 Å². The molecule has 1 aliphatic heterocycles. The molecule has 2 nitrogen and oxygen atoms in total. The zero-order chi connectivity index (χ0) is 17.2. The summed E-state index contributed by atoms with van der Waals surface area (Å²) < 4.78 is 13.6. The van der Waals surface area contributed by atoms with Gasteiger partial charge in [-0.3, -0.25) is 0 Å². The zero-order valence-electron chi connectivity index (χ0n) is 15.2. The molecular formula is C20H27BGeO2. The van der Waals surface area contributed by atoms with Crippen molar-refractivity contribution in [1.82, 2.24) is 0 Å². The van der Waals surface area contributed by atoms with Crippen molar-refractivity contribution in [2.24, 2.45) is 5.41 Å². The third kappa shape index (κ3) is 4.13. The molecule has 0 amide bonds. The van der Waals surface area contributed by atoms with Crippen LogP contribution in [0.25, 0.3) is 0 Å². The second-order valence-electron chi connectivity index (χ2n) is 8.25. The minimum atomic E-state index is -2.22. The van der Waals surface area contributed by atoms with E-state index in [1.165, 1.54) is 20.7 Å². The van der Waals surface area contributed by atoms with Gasteiger partial charge in [0.05, 0.1) is 0 Å². The van der Waals surface area contributed by atoms with E-state index >= 15 is 0 Å². The monoisotopic (exact) mass is 384 g/mol. The van der Waals surface area contributed by atoms with Crippen molar-refractivity contribution in [3.63, 3.8) is 0 Å². The summed E-state index contributed by atoms with van der Waals surface area (Å²) in [4.78, 5) is 0. The van der Waals surface area contributed by atoms with Crippen molar-refractivity contribution >= 4 is 30.2 Å². The fraction of sp³-hybridized carbons (Fsp3) is 0.400. The predicted octanol–water partition coefficient (Wildman–Crippen LogP) is 3.15. The van der Waals surface area contributed by atoms with Gasteiger partial charge in [-0.25, -0.2) is 0 Å². The molecule has 2 aromatic carbocycles. The Kier molecular flexibility index (Phi) is 5.24. The Hall–Kier alpha value is -1.03. The average molecular weight is 383 g/mol. The molecule has 0 bridgehead atoms. The van der Waals surface area contributed by atoms with Crippen molar-refractivity contribution in [2.75, 3.05) is 13.2 Å². The normalized spacial score (nSPS) is 17.8. The van der Waals surface area contributed by atoms with E-state index in [0.29, 0.717) is 0 Å². The van der Waals surface area contributed by atoms with Crippen LogP contribution in [-0.4, -0.2) is 33.6 Å². The third-order valence-corrected chi connectivity index (χ3v) is 11.4. The number of hydrogen-bond donors (Lipinski definition) is 0. The summed E-state index contributed by atoms with van der Waals surface area (Å²) in [5.74, 6) is 4.97. The quantitative estimate of drug-likeness (QED) is 0.756. The number of rotatable bonds is 4. The molecule has 0 atom stereocenters. The standard InChI is InChI=1S/C20H27BGeO2/c1-20(2)15-23-21(24-16-20)18-12-8-9-13-19(18)22(3,4)14-17-10-6-5-7-11-17/h5-13H,14-16H2,1-4H3. The molecule has 2 aromatic rings. The van der Waals surface area contributed by atoms with Crippen molar-refractivity contribution < 1.29 is 9.31 Å². The Labute approximate surface area is 149 Å². The van der Waals surface area contributed by atoms with Crippen LogP contribution in [-0.2, 0) is 14.6 Å². The summed E-state index contributed by atoms with van der Waals surface area (Å²) in [5.41, 5.74) is 2.78. The molecule has 1 heterocycles. The van der Waals surface area contributed by atoms with Crippen LogP contribution in [0.3, 0.4) is 0 Å². The molecule has 0 aromatic heterocycles. The molecule has 0 aliphatic carbocycles. The van der Waals surface area contributed by atoms with E-state index in [2.05, 4.69) is 80.0 Å². The van der Waals surface area contributed by atoms with Gasteiger partial charge in [-0.2, -0.15) is 0 Å². The molecule has 0 saturated carbocycles. The molecule has 4 heteroatoms. The molecule has 126 valence electrons. The Balaban J connectivity index is 1.86.